The number of thioether (sulfide) groups is 1. The largest absolute Gasteiger partial charge is 0.351 e. The molecular weight excluding hydrogens is 356 g/mol. The number of rotatable bonds is 6. The van der Waals surface area contributed by atoms with Crippen molar-refractivity contribution in [3.63, 3.8) is 0 Å². The second kappa shape index (κ2) is 7.48. The number of aryl methyl sites for hydroxylation is 1. The number of carbonyl (C=O) groups excluding carboxylic acids is 1. The zero-order chi connectivity index (χ0) is 18.8. The lowest BCUT2D eigenvalue weighted by atomic mass is 10.1. The fourth-order valence-corrected chi connectivity index (χ4v) is 3.86. The quantitative estimate of drug-likeness (QED) is 0.526. The van der Waals surface area contributed by atoms with Crippen LogP contribution in [0.25, 0.3) is 21.9 Å². The van der Waals surface area contributed by atoms with Crippen molar-refractivity contribution in [2.75, 3.05) is 12.0 Å². The SMILES string of the molecule is CSCCC(NC(=O)c1cccc2c1ccn2C)c1nc2ccccc2[nH]1. The van der Waals surface area contributed by atoms with Crippen molar-refractivity contribution < 1.29 is 4.79 Å². The Balaban J connectivity index is 1.65. The minimum Gasteiger partial charge on any atom is -0.351 e. The molecule has 0 bridgehead atoms. The summed E-state index contributed by atoms with van der Waals surface area (Å²) in [5.74, 6) is 1.68. The summed E-state index contributed by atoms with van der Waals surface area (Å²) in [6, 6.07) is 15.6. The molecule has 4 aromatic rings. The van der Waals surface area contributed by atoms with Gasteiger partial charge in [0.15, 0.2) is 0 Å². The lowest BCUT2D eigenvalue weighted by molar-refractivity contribution is 0.0936. The van der Waals surface area contributed by atoms with Gasteiger partial charge in [-0.2, -0.15) is 11.8 Å². The lowest BCUT2D eigenvalue weighted by Crippen LogP contribution is -2.30. The van der Waals surface area contributed by atoms with E-state index in [0.29, 0.717) is 5.56 Å². The Morgan fingerprint density at radius 2 is 2.07 bits per heavy atom. The third-order valence-corrected chi connectivity index (χ3v) is 5.47. The minimum absolute atomic E-state index is 0.0710. The smallest absolute Gasteiger partial charge is 0.252 e. The number of imidazole rings is 1. The van der Waals surface area contributed by atoms with Gasteiger partial charge in [-0.15, -0.1) is 0 Å². The fraction of sp³-hybridized carbons (Fsp3) is 0.238. The zero-order valence-corrected chi connectivity index (χ0v) is 16.2. The standard InChI is InChI=1S/C21H22N4OS/c1-25-12-10-14-15(6-5-9-19(14)25)21(26)24-18(11-13-27-2)20-22-16-7-3-4-8-17(16)23-20/h3-10,12,18H,11,13H2,1-2H3,(H,22,23)(H,24,26). The van der Waals surface area contributed by atoms with Gasteiger partial charge >= 0.3 is 0 Å². The molecule has 2 N–H and O–H groups in total. The number of hydrogen-bond donors (Lipinski definition) is 2. The molecule has 2 aromatic heterocycles. The molecule has 0 aliphatic rings. The van der Waals surface area contributed by atoms with E-state index >= 15 is 0 Å². The number of aromatic amines is 1. The number of aromatic nitrogens is 3. The number of carbonyl (C=O) groups is 1. The minimum atomic E-state index is -0.156. The highest BCUT2D eigenvalue weighted by Gasteiger charge is 2.20. The third kappa shape index (κ3) is 3.45. The Labute approximate surface area is 162 Å². The van der Waals surface area contributed by atoms with Crippen LogP contribution in [0.4, 0.5) is 0 Å². The summed E-state index contributed by atoms with van der Waals surface area (Å²) in [6.45, 7) is 0. The van der Waals surface area contributed by atoms with Gasteiger partial charge in [0.1, 0.15) is 5.82 Å². The van der Waals surface area contributed by atoms with Crippen LogP contribution in [0.1, 0.15) is 28.6 Å². The van der Waals surface area contributed by atoms with E-state index in [1.54, 1.807) is 11.8 Å². The Kier molecular flexibility index (Phi) is 4.90. The first-order chi connectivity index (χ1) is 13.2. The van der Waals surface area contributed by atoms with E-state index in [1.165, 1.54) is 0 Å². The van der Waals surface area contributed by atoms with Gasteiger partial charge in [0.2, 0.25) is 0 Å². The summed E-state index contributed by atoms with van der Waals surface area (Å²) >= 11 is 1.76. The van der Waals surface area contributed by atoms with E-state index in [9.17, 15) is 4.79 Å². The fourth-order valence-electron chi connectivity index (χ4n) is 3.39. The van der Waals surface area contributed by atoms with Crippen molar-refractivity contribution in [1.29, 1.82) is 0 Å². The van der Waals surface area contributed by atoms with E-state index in [4.69, 9.17) is 4.98 Å². The van der Waals surface area contributed by atoms with E-state index in [-0.39, 0.29) is 11.9 Å². The van der Waals surface area contributed by atoms with Gasteiger partial charge in [0.05, 0.1) is 17.1 Å². The molecule has 2 heterocycles. The van der Waals surface area contributed by atoms with Crippen molar-refractivity contribution in [2.24, 2.45) is 7.05 Å². The van der Waals surface area contributed by atoms with Gasteiger partial charge in [-0.1, -0.05) is 18.2 Å². The maximum atomic E-state index is 13.1. The number of amides is 1. The van der Waals surface area contributed by atoms with Gasteiger partial charge in [-0.3, -0.25) is 4.79 Å². The zero-order valence-electron chi connectivity index (χ0n) is 15.4. The van der Waals surface area contributed by atoms with Crippen LogP contribution in [0, 0.1) is 0 Å². The first kappa shape index (κ1) is 17.7. The number of benzene rings is 2. The molecule has 1 unspecified atom stereocenters. The second-order valence-corrected chi connectivity index (χ2v) is 7.60. The number of para-hydroxylation sites is 2. The molecule has 1 atom stereocenters. The van der Waals surface area contributed by atoms with Crippen LogP contribution >= 0.6 is 11.8 Å². The van der Waals surface area contributed by atoms with Crippen LogP contribution in [-0.2, 0) is 7.05 Å². The highest BCUT2D eigenvalue weighted by Crippen LogP contribution is 2.23. The molecule has 6 heteroatoms. The molecule has 0 radical (unpaired) electrons. The first-order valence-corrected chi connectivity index (χ1v) is 10.4. The molecule has 27 heavy (non-hydrogen) atoms. The summed E-state index contributed by atoms with van der Waals surface area (Å²) in [4.78, 5) is 21.1. The molecule has 0 fully saturated rings. The summed E-state index contributed by atoms with van der Waals surface area (Å²) in [5.41, 5.74) is 3.65. The summed E-state index contributed by atoms with van der Waals surface area (Å²) in [5, 5.41) is 4.16. The van der Waals surface area contributed by atoms with Crippen LogP contribution in [0.15, 0.2) is 54.7 Å². The Bertz CT molecular complexity index is 1060. The van der Waals surface area contributed by atoms with E-state index < -0.39 is 0 Å². The monoisotopic (exact) mass is 378 g/mol. The highest BCUT2D eigenvalue weighted by atomic mass is 32.2. The van der Waals surface area contributed by atoms with Crippen molar-refractivity contribution in [2.45, 2.75) is 12.5 Å². The van der Waals surface area contributed by atoms with E-state index in [0.717, 1.165) is 39.9 Å². The van der Waals surface area contributed by atoms with Gasteiger partial charge in [-0.25, -0.2) is 4.98 Å². The first-order valence-electron chi connectivity index (χ1n) is 8.96. The van der Waals surface area contributed by atoms with Gasteiger partial charge in [-0.05, 0) is 48.8 Å². The average Bonchev–Trinajstić information content (AvgIpc) is 3.28. The Morgan fingerprint density at radius 3 is 2.89 bits per heavy atom. The number of nitrogens with one attached hydrogen (secondary N) is 2. The van der Waals surface area contributed by atoms with Crippen LogP contribution in [0.2, 0.25) is 0 Å². The lowest BCUT2D eigenvalue weighted by Gasteiger charge is -2.17. The number of nitrogens with zero attached hydrogens (tertiary/aromatic N) is 2. The molecule has 0 aliphatic carbocycles. The van der Waals surface area contributed by atoms with Crippen molar-refractivity contribution in [3.05, 3.63) is 66.1 Å². The Morgan fingerprint density at radius 1 is 1.22 bits per heavy atom. The molecule has 0 saturated heterocycles. The molecule has 138 valence electrons. The van der Waals surface area contributed by atoms with Crippen molar-refractivity contribution in [1.82, 2.24) is 19.9 Å². The van der Waals surface area contributed by atoms with E-state index in [2.05, 4.69) is 16.6 Å². The topological polar surface area (TPSA) is 62.7 Å². The number of hydrogen-bond acceptors (Lipinski definition) is 3. The van der Waals surface area contributed by atoms with Crippen LogP contribution < -0.4 is 5.32 Å². The normalized spacial score (nSPS) is 12.5. The number of fused-ring (bicyclic) bond motifs is 2. The number of H-pyrrole nitrogens is 1. The molecule has 1 amide bonds. The molecular formula is C21H22N4OS. The predicted molar refractivity (Wildman–Crippen MR) is 112 cm³/mol. The molecule has 0 saturated carbocycles. The average molecular weight is 379 g/mol. The molecule has 5 nitrogen and oxygen atoms in total. The maximum Gasteiger partial charge on any atom is 0.252 e. The summed E-state index contributed by atoms with van der Waals surface area (Å²) in [6.07, 6.45) is 4.87. The van der Waals surface area contributed by atoms with Gasteiger partial charge in [0.25, 0.3) is 5.91 Å². The van der Waals surface area contributed by atoms with Crippen LogP contribution in [0.5, 0.6) is 0 Å². The second-order valence-electron chi connectivity index (χ2n) is 6.61. The molecule has 0 aliphatic heterocycles. The van der Waals surface area contributed by atoms with Gasteiger partial charge < -0.3 is 14.9 Å². The molecule has 2 aromatic carbocycles. The highest BCUT2D eigenvalue weighted by molar-refractivity contribution is 7.98. The maximum absolute atomic E-state index is 13.1. The van der Waals surface area contributed by atoms with Crippen LogP contribution in [0.3, 0.4) is 0 Å². The van der Waals surface area contributed by atoms with Gasteiger partial charge in [0, 0.05) is 29.7 Å². The third-order valence-electron chi connectivity index (χ3n) is 4.83. The predicted octanol–water partition coefficient (Wildman–Crippen LogP) is 4.28. The van der Waals surface area contributed by atoms with Crippen LogP contribution in [-0.4, -0.2) is 32.5 Å². The Hall–Kier alpha value is -2.73. The van der Waals surface area contributed by atoms with E-state index in [1.807, 2.05) is 66.3 Å². The summed E-state index contributed by atoms with van der Waals surface area (Å²) < 4.78 is 2.02. The van der Waals surface area contributed by atoms with Crippen molar-refractivity contribution in [3.8, 4) is 0 Å². The molecule has 4 rings (SSSR count). The molecule has 0 spiro atoms. The summed E-state index contributed by atoms with van der Waals surface area (Å²) in [7, 11) is 1.99. The van der Waals surface area contributed by atoms with Crippen molar-refractivity contribution >= 4 is 39.6 Å².